The molecule has 0 bridgehead atoms. The third-order valence-electron chi connectivity index (χ3n) is 7.56. The Morgan fingerprint density at radius 1 is 1.09 bits per heavy atom. The second-order valence-electron chi connectivity index (χ2n) is 9.68. The van der Waals surface area contributed by atoms with Crippen LogP contribution in [0.1, 0.15) is 55.7 Å². The first-order valence-electron chi connectivity index (χ1n) is 12.1. The minimum absolute atomic E-state index is 0.137. The molecule has 2 aliphatic carbocycles. The van der Waals surface area contributed by atoms with Crippen LogP contribution in [0.5, 0.6) is 0 Å². The van der Waals surface area contributed by atoms with Gasteiger partial charge in [0.15, 0.2) is 5.16 Å². The van der Waals surface area contributed by atoms with E-state index in [1.165, 1.54) is 37.7 Å². The van der Waals surface area contributed by atoms with Gasteiger partial charge in [0.1, 0.15) is 0 Å². The minimum atomic E-state index is -0.186. The van der Waals surface area contributed by atoms with Crippen LogP contribution >= 0.6 is 11.8 Å². The maximum absolute atomic E-state index is 14.4. The summed E-state index contributed by atoms with van der Waals surface area (Å²) in [5.41, 5.74) is 5.37. The van der Waals surface area contributed by atoms with E-state index in [2.05, 4.69) is 49.9 Å². The summed E-state index contributed by atoms with van der Waals surface area (Å²) in [6.07, 6.45) is 9.02. The van der Waals surface area contributed by atoms with Crippen LogP contribution in [0.2, 0.25) is 0 Å². The molecule has 3 nitrogen and oxygen atoms in total. The lowest BCUT2D eigenvalue weighted by atomic mass is 9.60. The van der Waals surface area contributed by atoms with E-state index in [9.17, 15) is 4.79 Å². The van der Waals surface area contributed by atoms with Gasteiger partial charge in [0.2, 0.25) is 0 Å². The molecule has 170 valence electrons. The summed E-state index contributed by atoms with van der Waals surface area (Å²) in [5.74, 6) is 1.24. The number of hydrogen-bond donors (Lipinski definition) is 0. The fourth-order valence-electron chi connectivity index (χ4n) is 5.87. The van der Waals surface area contributed by atoms with E-state index in [1.807, 2.05) is 28.8 Å². The predicted molar refractivity (Wildman–Crippen MR) is 138 cm³/mol. The normalized spacial score (nSPS) is 20.2. The molecule has 0 N–H and O–H groups in total. The standard InChI is InChI=1S/C29H32N2OS/c1-3-18-33-28-30-26-24-17-11-10-14-22(24)19-29(2,23-15-8-5-9-16-23)25(26)27(32)31(28)20-21-12-6-4-7-13-21/h3-4,6-7,10-14,17,23H,1,5,8-9,15-16,18-20H2,2H3/t29-/m0/s1. The van der Waals surface area contributed by atoms with Crippen molar-refractivity contribution >= 4 is 11.8 Å². The first-order valence-corrected chi connectivity index (χ1v) is 13.1. The first kappa shape index (κ1) is 22.2. The van der Waals surface area contributed by atoms with E-state index < -0.39 is 0 Å². The quantitative estimate of drug-likeness (QED) is 0.237. The Morgan fingerprint density at radius 2 is 1.82 bits per heavy atom. The topological polar surface area (TPSA) is 34.9 Å². The molecule has 1 saturated carbocycles. The number of aromatic nitrogens is 2. The largest absolute Gasteiger partial charge is 0.283 e. The lowest BCUT2D eigenvalue weighted by Crippen LogP contribution is -2.45. The lowest BCUT2D eigenvalue weighted by Gasteiger charge is -2.44. The van der Waals surface area contributed by atoms with E-state index in [1.54, 1.807) is 11.8 Å². The van der Waals surface area contributed by atoms with Crippen molar-refractivity contribution in [3.05, 3.63) is 94.3 Å². The molecular formula is C29H32N2OS. The molecule has 1 heterocycles. The average Bonchev–Trinajstić information content (AvgIpc) is 2.85. The van der Waals surface area contributed by atoms with Gasteiger partial charge < -0.3 is 0 Å². The Bertz CT molecular complexity index is 1210. The number of hydrogen-bond acceptors (Lipinski definition) is 3. The molecule has 33 heavy (non-hydrogen) atoms. The van der Waals surface area contributed by atoms with Crippen LogP contribution in [0.15, 0.2) is 77.2 Å². The van der Waals surface area contributed by atoms with Crippen LogP contribution in [-0.4, -0.2) is 15.3 Å². The fourth-order valence-corrected chi connectivity index (χ4v) is 6.60. The zero-order chi connectivity index (χ0) is 22.8. The summed E-state index contributed by atoms with van der Waals surface area (Å²) in [5, 5.41) is 0.783. The Labute approximate surface area is 201 Å². The molecule has 0 spiro atoms. The summed E-state index contributed by atoms with van der Waals surface area (Å²) >= 11 is 1.60. The molecule has 1 aromatic heterocycles. The van der Waals surface area contributed by atoms with Crippen molar-refractivity contribution in [2.24, 2.45) is 5.92 Å². The highest BCUT2D eigenvalue weighted by Gasteiger charge is 2.44. The first-order chi connectivity index (χ1) is 16.1. The Balaban J connectivity index is 1.74. The van der Waals surface area contributed by atoms with Crippen molar-refractivity contribution in [2.45, 2.75) is 62.6 Å². The maximum atomic E-state index is 14.4. The highest BCUT2D eigenvalue weighted by atomic mass is 32.2. The van der Waals surface area contributed by atoms with Crippen molar-refractivity contribution < 1.29 is 0 Å². The van der Waals surface area contributed by atoms with Gasteiger partial charge in [0.25, 0.3) is 5.56 Å². The zero-order valence-corrected chi connectivity index (χ0v) is 20.2. The molecule has 0 aliphatic heterocycles. The van der Waals surface area contributed by atoms with Gasteiger partial charge in [-0.3, -0.25) is 9.36 Å². The maximum Gasteiger partial charge on any atom is 0.258 e. The Hall–Kier alpha value is -2.59. The van der Waals surface area contributed by atoms with Gasteiger partial charge in [-0.2, -0.15) is 0 Å². The molecule has 5 rings (SSSR count). The summed E-state index contributed by atoms with van der Waals surface area (Å²) in [7, 11) is 0. The zero-order valence-electron chi connectivity index (χ0n) is 19.4. The van der Waals surface area contributed by atoms with Gasteiger partial charge in [-0.1, -0.05) is 98.6 Å². The fraction of sp³-hybridized carbons (Fsp3) is 0.379. The second-order valence-corrected chi connectivity index (χ2v) is 10.7. The Morgan fingerprint density at radius 3 is 2.58 bits per heavy atom. The van der Waals surface area contributed by atoms with Crippen molar-refractivity contribution in [3.63, 3.8) is 0 Å². The van der Waals surface area contributed by atoms with E-state index in [0.29, 0.717) is 12.5 Å². The molecule has 2 aliphatic rings. The van der Waals surface area contributed by atoms with Crippen molar-refractivity contribution in [1.29, 1.82) is 0 Å². The third-order valence-corrected chi connectivity index (χ3v) is 8.53. The molecule has 3 aromatic rings. The highest BCUT2D eigenvalue weighted by Crippen LogP contribution is 2.49. The van der Waals surface area contributed by atoms with E-state index in [4.69, 9.17) is 4.98 Å². The van der Waals surface area contributed by atoms with Gasteiger partial charge in [-0.05, 0) is 36.3 Å². The number of nitrogens with zero attached hydrogens (tertiary/aromatic N) is 2. The second kappa shape index (κ2) is 9.34. The summed E-state index contributed by atoms with van der Waals surface area (Å²) in [4.78, 5) is 19.6. The summed E-state index contributed by atoms with van der Waals surface area (Å²) in [6.45, 7) is 6.76. The smallest absolute Gasteiger partial charge is 0.258 e. The monoisotopic (exact) mass is 456 g/mol. The highest BCUT2D eigenvalue weighted by molar-refractivity contribution is 7.99. The van der Waals surface area contributed by atoms with E-state index in [-0.39, 0.29) is 11.0 Å². The number of rotatable bonds is 6. The van der Waals surface area contributed by atoms with Crippen molar-refractivity contribution in [1.82, 2.24) is 9.55 Å². The molecule has 0 saturated heterocycles. The van der Waals surface area contributed by atoms with Gasteiger partial charge in [-0.15, -0.1) is 6.58 Å². The van der Waals surface area contributed by atoms with Crippen LogP contribution in [-0.2, 0) is 18.4 Å². The van der Waals surface area contributed by atoms with Gasteiger partial charge >= 0.3 is 0 Å². The van der Waals surface area contributed by atoms with Crippen molar-refractivity contribution in [3.8, 4) is 11.3 Å². The molecule has 4 heteroatoms. The van der Waals surface area contributed by atoms with Crippen LogP contribution < -0.4 is 5.56 Å². The van der Waals surface area contributed by atoms with Gasteiger partial charge in [0, 0.05) is 16.7 Å². The SMILES string of the molecule is C=CCSc1nc2c(c(=O)n1Cc1ccccc1)[C@](C)(C1CCCCC1)Cc1ccccc1-2. The van der Waals surface area contributed by atoms with E-state index in [0.717, 1.165) is 39.7 Å². The van der Waals surface area contributed by atoms with Crippen LogP contribution in [0, 0.1) is 5.92 Å². The Kier molecular flexibility index (Phi) is 6.29. The molecule has 0 radical (unpaired) electrons. The lowest BCUT2D eigenvalue weighted by molar-refractivity contribution is 0.212. The van der Waals surface area contributed by atoms with E-state index >= 15 is 0 Å². The molecule has 2 aromatic carbocycles. The third kappa shape index (κ3) is 4.10. The predicted octanol–water partition coefficient (Wildman–Crippen LogP) is 6.63. The molecule has 0 unspecified atom stereocenters. The summed E-state index contributed by atoms with van der Waals surface area (Å²) in [6, 6.07) is 18.8. The van der Waals surface area contributed by atoms with Gasteiger partial charge in [-0.25, -0.2) is 4.98 Å². The van der Waals surface area contributed by atoms with Crippen LogP contribution in [0.25, 0.3) is 11.3 Å². The van der Waals surface area contributed by atoms with Crippen molar-refractivity contribution in [2.75, 3.05) is 5.75 Å². The average molecular weight is 457 g/mol. The minimum Gasteiger partial charge on any atom is -0.283 e. The van der Waals surface area contributed by atoms with Gasteiger partial charge in [0.05, 0.1) is 17.8 Å². The molecule has 1 fully saturated rings. The number of fused-ring (bicyclic) bond motifs is 3. The summed E-state index contributed by atoms with van der Waals surface area (Å²) < 4.78 is 1.91. The number of benzene rings is 2. The number of thioether (sulfide) groups is 1. The van der Waals surface area contributed by atoms with Crippen LogP contribution in [0.3, 0.4) is 0 Å². The molecule has 1 atom stereocenters. The molecule has 0 amide bonds. The van der Waals surface area contributed by atoms with Crippen LogP contribution in [0.4, 0.5) is 0 Å². The molecular weight excluding hydrogens is 424 g/mol.